The first-order valence-electron chi connectivity index (χ1n) is 12.7. The molecule has 2 atom stereocenters. The summed E-state index contributed by atoms with van der Waals surface area (Å²) in [5.41, 5.74) is 4.85. The Kier molecular flexibility index (Phi) is 7.80. The molecule has 2 N–H and O–H groups in total. The molecule has 4 heterocycles. The summed E-state index contributed by atoms with van der Waals surface area (Å²) >= 11 is 1.81. The van der Waals surface area contributed by atoms with E-state index in [1.165, 1.54) is 25.1 Å². The van der Waals surface area contributed by atoms with Gasteiger partial charge in [0.15, 0.2) is 9.84 Å². The number of methoxy groups -OCH3 is 1. The van der Waals surface area contributed by atoms with Gasteiger partial charge in [0.25, 0.3) is 0 Å². The number of halogens is 1. The number of thioether (sulfide) groups is 1. The van der Waals surface area contributed by atoms with Crippen LogP contribution in [0.25, 0.3) is 5.52 Å². The third-order valence-corrected chi connectivity index (χ3v) is 9.33. The normalized spacial score (nSPS) is 19.9. The van der Waals surface area contributed by atoms with Crippen LogP contribution < -0.4 is 15.4 Å². The summed E-state index contributed by atoms with van der Waals surface area (Å²) < 4.78 is 46.2. The van der Waals surface area contributed by atoms with Crippen molar-refractivity contribution in [3.63, 3.8) is 0 Å². The Morgan fingerprint density at radius 3 is 2.79 bits per heavy atom. The smallest absolute Gasteiger partial charge is 0.175 e. The summed E-state index contributed by atoms with van der Waals surface area (Å²) in [7, 11) is 0.148. The second-order valence-corrected chi connectivity index (χ2v) is 13.0. The van der Waals surface area contributed by atoms with Crippen LogP contribution in [-0.4, -0.2) is 75.7 Å². The molecule has 3 aromatic rings. The van der Waals surface area contributed by atoms with Gasteiger partial charge in [-0.2, -0.15) is 0 Å². The lowest BCUT2D eigenvalue weighted by atomic mass is 10.0. The van der Waals surface area contributed by atoms with Gasteiger partial charge < -0.3 is 24.7 Å². The lowest BCUT2D eigenvalue weighted by molar-refractivity contribution is 0.149. The number of sulfone groups is 1. The van der Waals surface area contributed by atoms with Crippen molar-refractivity contribution in [1.82, 2.24) is 9.30 Å². The molecule has 202 valence electrons. The van der Waals surface area contributed by atoms with E-state index in [1.807, 2.05) is 23.7 Å². The zero-order valence-corrected chi connectivity index (χ0v) is 23.5. The van der Waals surface area contributed by atoms with Gasteiger partial charge in [-0.05, 0) is 62.4 Å². The SMILES string of the molecule is COc1cc(S(C)(=O)=O)ccc1NCC#Cc1cc2c(N[C@@H]3CCN(C)C[C@@H]3F)ccc3n2c1SCCC3. The van der Waals surface area contributed by atoms with E-state index in [1.54, 1.807) is 12.1 Å². The molecule has 0 saturated carbocycles. The van der Waals surface area contributed by atoms with E-state index in [0.717, 1.165) is 53.4 Å². The molecule has 2 aliphatic heterocycles. The van der Waals surface area contributed by atoms with E-state index < -0.39 is 16.0 Å². The zero-order chi connectivity index (χ0) is 26.9. The molecule has 0 unspecified atom stereocenters. The molecule has 1 saturated heterocycles. The Morgan fingerprint density at radius 2 is 2.03 bits per heavy atom. The van der Waals surface area contributed by atoms with Crippen molar-refractivity contribution in [2.24, 2.45) is 0 Å². The predicted molar refractivity (Wildman–Crippen MR) is 152 cm³/mol. The van der Waals surface area contributed by atoms with E-state index in [9.17, 15) is 12.8 Å². The minimum Gasteiger partial charge on any atom is -0.495 e. The maximum absolute atomic E-state index is 14.8. The molecule has 2 aliphatic rings. The van der Waals surface area contributed by atoms with Crippen molar-refractivity contribution < 1.29 is 17.5 Å². The highest BCUT2D eigenvalue weighted by atomic mass is 32.2. The number of anilines is 2. The van der Waals surface area contributed by atoms with E-state index in [2.05, 4.69) is 45.1 Å². The number of hydrogen-bond acceptors (Lipinski definition) is 7. The molecule has 0 amide bonds. The first-order valence-corrected chi connectivity index (χ1v) is 15.6. The molecule has 38 heavy (non-hydrogen) atoms. The van der Waals surface area contributed by atoms with Gasteiger partial charge in [0.05, 0.1) is 52.1 Å². The number of hydrogen-bond donors (Lipinski definition) is 2. The first kappa shape index (κ1) is 26.7. The number of ether oxygens (including phenoxy) is 1. The van der Waals surface area contributed by atoms with E-state index >= 15 is 0 Å². The number of pyridine rings is 1. The van der Waals surface area contributed by atoms with Gasteiger partial charge in [0, 0.05) is 31.1 Å². The Bertz CT molecular complexity index is 1510. The maximum atomic E-state index is 14.8. The van der Waals surface area contributed by atoms with Gasteiger partial charge >= 0.3 is 0 Å². The van der Waals surface area contributed by atoms with E-state index in [4.69, 9.17) is 4.74 Å². The predicted octanol–water partition coefficient (Wildman–Crippen LogP) is 4.31. The molecular weight excluding hydrogens is 523 g/mol. The van der Waals surface area contributed by atoms with Crippen molar-refractivity contribution in [3.8, 4) is 17.6 Å². The van der Waals surface area contributed by atoms with Crippen LogP contribution in [0.5, 0.6) is 5.75 Å². The van der Waals surface area contributed by atoms with Crippen LogP contribution in [0.15, 0.2) is 46.3 Å². The van der Waals surface area contributed by atoms with Crippen molar-refractivity contribution in [1.29, 1.82) is 0 Å². The highest BCUT2D eigenvalue weighted by Crippen LogP contribution is 2.35. The van der Waals surface area contributed by atoms with Crippen LogP contribution in [0.4, 0.5) is 15.8 Å². The quantitative estimate of drug-likeness (QED) is 0.439. The number of benzene rings is 1. The molecule has 0 radical (unpaired) electrons. The van der Waals surface area contributed by atoms with Gasteiger partial charge in [-0.3, -0.25) is 0 Å². The summed E-state index contributed by atoms with van der Waals surface area (Å²) in [6.07, 6.45) is 3.10. The Balaban J connectivity index is 1.40. The topological polar surface area (TPSA) is 75.1 Å². The minimum atomic E-state index is -3.32. The summed E-state index contributed by atoms with van der Waals surface area (Å²) in [5.74, 6) is 8.01. The number of piperidine rings is 1. The van der Waals surface area contributed by atoms with Crippen LogP contribution in [-0.2, 0) is 16.3 Å². The second kappa shape index (κ2) is 11.1. The molecule has 1 aromatic carbocycles. The molecular formula is C28H33FN4O3S2. The van der Waals surface area contributed by atoms with Crippen LogP contribution in [0.2, 0.25) is 0 Å². The van der Waals surface area contributed by atoms with Gasteiger partial charge in [-0.15, -0.1) is 11.8 Å². The Hall–Kier alpha value is -2.87. The molecule has 7 nitrogen and oxygen atoms in total. The highest BCUT2D eigenvalue weighted by Gasteiger charge is 2.28. The maximum Gasteiger partial charge on any atom is 0.175 e. The van der Waals surface area contributed by atoms with Gasteiger partial charge in [0.2, 0.25) is 0 Å². The third-order valence-electron chi connectivity index (χ3n) is 7.05. The lowest BCUT2D eigenvalue weighted by Gasteiger charge is -2.33. The number of aromatic nitrogens is 1. The number of nitrogens with zero attached hydrogens (tertiary/aromatic N) is 2. The zero-order valence-electron chi connectivity index (χ0n) is 21.9. The summed E-state index contributed by atoms with van der Waals surface area (Å²) in [6.45, 7) is 1.68. The molecule has 2 aromatic heterocycles. The van der Waals surface area contributed by atoms with Crippen LogP contribution >= 0.6 is 11.8 Å². The molecule has 0 aliphatic carbocycles. The summed E-state index contributed by atoms with van der Waals surface area (Å²) in [4.78, 5) is 2.24. The first-order chi connectivity index (χ1) is 18.2. The number of nitrogens with one attached hydrogen (secondary N) is 2. The standard InChI is InChI=1S/C28H33FN4O3S2/c1-32-14-12-23(22(29)18-32)31-24-10-8-20-7-5-15-37-28-19(16-26(24)33(20)28)6-4-13-30-25-11-9-21(38(3,34)35)17-27(25)36-2/h8-11,16-17,22-23,30-31H,5,7,12-15,18H2,1-3H3/t22-,23+/m0/s1. The van der Waals surface area contributed by atoms with Crippen molar-refractivity contribution in [2.45, 2.75) is 41.4 Å². The van der Waals surface area contributed by atoms with Gasteiger partial charge in [-0.25, -0.2) is 12.8 Å². The fourth-order valence-electron chi connectivity index (χ4n) is 5.03. The number of aryl methyl sites for hydroxylation is 1. The molecule has 0 bridgehead atoms. The van der Waals surface area contributed by atoms with Crippen LogP contribution in [0.3, 0.4) is 0 Å². The second-order valence-electron chi connectivity index (χ2n) is 9.88. The van der Waals surface area contributed by atoms with E-state index in [-0.39, 0.29) is 10.9 Å². The summed E-state index contributed by atoms with van der Waals surface area (Å²) in [6, 6.07) is 10.9. The average molecular weight is 557 g/mol. The number of likely N-dealkylation sites (tertiary alicyclic amines) is 1. The summed E-state index contributed by atoms with van der Waals surface area (Å²) in [5, 5.41) is 7.85. The Morgan fingerprint density at radius 1 is 1.21 bits per heavy atom. The fraction of sp³-hybridized carbons (Fsp3) is 0.429. The molecule has 1 fully saturated rings. The lowest BCUT2D eigenvalue weighted by Crippen LogP contribution is -2.46. The van der Waals surface area contributed by atoms with Crippen molar-refractivity contribution in [3.05, 3.63) is 47.7 Å². The van der Waals surface area contributed by atoms with Crippen molar-refractivity contribution in [2.75, 3.05) is 56.4 Å². The van der Waals surface area contributed by atoms with E-state index in [0.29, 0.717) is 24.5 Å². The van der Waals surface area contributed by atoms with Crippen molar-refractivity contribution >= 4 is 38.5 Å². The minimum absolute atomic E-state index is 0.207. The van der Waals surface area contributed by atoms with Crippen LogP contribution in [0, 0.1) is 11.8 Å². The highest BCUT2D eigenvalue weighted by molar-refractivity contribution is 7.99. The fourth-order valence-corrected chi connectivity index (χ4v) is 6.76. The molecule has 5 rings (SSSR count). The average Bonchev–Trinajstić information content (AvgIpc) is 3.10. The monoisotopic (exact) mass is 556 g/mol. The Labute approximate surface area is 228 Å². The number of alkyl halides is 1. The van der Waals surface area contributed by atoms with Gasteiger partial charge in [-0.1, -0.05) is 11.8 Å². The third kappa shape index (κ3) is 5.60. The largest absolute Gasteiger partial charge is 0.495 e. The van der Waals surface area contributed by atoms with Gasteiger partial charge in [0.1, 0.15) is 11.9 Å². The molecule has 0 spiro atoms. The van der Waals surface area contributed by atoms with Crippen LogP contribution in [0.1, 0.15) is 24.1 Å². The molecule has 10 heteroatoms. The number of rotatable bonds is 6.